The van der Waals surface area contributed by atoms with Crippen LogP contribution in [0, 0.1) is 6.92 Å². The van der Waals surface area contributed by atoms with Crippen molar-refractivity contribution in [1.29, 1.82) is 0 Å². The Hall–Kier alpha value is -1.35. The van der Waals surface area contributed by atoms with Gasteiger partial charge in [-0.15, -0.1) is 0 Å². The number of fused-ring (bicyclic) bond motifs is 1. The van der Waals surface area contributed by atoms with Crippen LogP contribution in [0.3, 0.4) is 0 Å². The normalized spacial score (nSPS) is 24.1. The average molecular weight is 514 g/mol. The Bertz CT molecular complexity index is 1100. The first kappa shape index (κ1) is 20.9. The maximum atomic E-state index is 12.6. The Labute approximate surface area is 187 Å². The monoisotopic (exact) mass is 512 g/mol. The quantitative estimate of drug-likeness (QED) is 0.614. The Kier molecular flexibility index (Phi) is 5.81. The van der Waals surface area contributed by atoms with Crippen LogP contribution in [0.25, 0.3) is 0 Å². The van der Waals surface area contributed by atoms with E-state index >= 15 is 0 Å². The Morgan fingerprint density at radius 1 is 1.24 bits per heavy atom. The lowest BCUT2D eigenvalue weighted by atomic mass is 10.1. The lowest BCUT2D eigenvalue weighted by Crippen LogP contribution is -2.38. The van der Waals surface area contributed by atoms with Gasteiger partial charge in [0.15, 0.2) is 15.0 Å². The zero-order chi connectivity index (χ0) is 20.8. The van der Waals surface area contributed by atoms with Crippen molar-refractivity contribution >= 4 is 65.9 Å². The summed E-state index contributed by atoms with van der Waals surface area (Å²) >= 11 is 11.2. The smallest absolute Gasteiger partial charge is 0.252 e. The standard InChI is InChI=1S/C20H18BrClN2O3S2/c1-12-2-4-13(5-3-12)8-19(25)23-20-24(16-7-6-14(21)9-15(16)22)17-10-29(26,27)11-18(17)28-20/h2-7,9,17-18H,8,10-11H2,1H3. The molecule has 0 saturated carbocycles. The summed E-state index contributed by atoms with van der Waals surface area (Å²) in [6.07, 6.45) is 0.194. The summed E-state index contributed by atoms with van der Waals surface area (Å²) in [5, 5.41) is 0.825. The van der Waals surface area contributed by atoms with Gasteiger partial charge in [0.05, 0.1) is 34.7 Å². The maximum Gasteiger partial charge on any atom is 0.252 e. The van der Waals surface area contributed by atoms with E-state index in [-0.39, 0.29) is 35.1 Å². The van der Waals surface area contributed by atoms with Crippen molar-refractivity contribution in [2.24, 2.45) is 4.99 Å². The fourth-order valence-corrected chi connectivity index (χ4v) is 8.24. The molecule has 0 radical (unpaired) electrons. The highest BCUT2D eigenvalue weighted by atomic mass is 79.9. The van der Waals surface area contributed by atoms with Crippen molar-refractivity contribution in [2.75, 3.05) is 16.4 Å². The number of anilines is 1. The molecule has 2 aliphatic heterocycles. The minimum atomic E-state index is -3.13. The number of nitrogens with zero attached hydrogens (tertiary/aromatic N) is 2. The van der Waals surface area contributed by atoms with Gasteiger partial charge in [0.25, 0.3) is 5.91 Å². The third-order valence-electron chi connectivity index (χ3n) is 4.93. The molecule has 0 bridgehead atoms. The van der Waals surface area contributed by atoms with E-state index in [0.29, 0.717) is 15.9 Å². The van der Waals surface area contributed by atoms with E-state index in [9.17, 15) is 13.2 Å². The van der Waals surface area contributed by atoms with Gasteiger partial charge in [-0.25, -0.2) is 8.42 Å². The number of rotatable bonds is 3. The molecule has 2 aromatic rings. The van der Waals surface area contributed by atoms with Crippen LogP contribution in [-0.2, 0) is 21.1 Å². The first-order valence-electron chi connectivity index (χ1n) is 9.00. The van der Waals surface area contributed by atoms with Crippen LogP contribution in [0.15, 0.2) is 51.9 Å². The van der Waals surface area contributed by atoms with Crippen LogP contribution in [0.2, 0.25) is 5.02 Å². The largest absolute Gasteiger partial charge is 0.314 e. The highest BCUT2D eigenvalue weighted by Gasteiger charge is 2.49. The molecule has 2 saturated heterocycles. The maximum absolute atomic E-state index is 12.6. The topological polar surface area (TPSA) is 66.8 Å². The van der Waals surface area contributed by atoms with E-state index in [1.54, 1.807) is 6.07 Å². The van der Waals surface area contributed by atoms with Crippen molar-refractivity contribution in [3.8, 4) is 0 Å². The summed E-state index contributed by atoms with van der Waals surface area (Å²) in [5.41, 5.74) is 2.68. The zero-order valence-electron chi connectivity index (χ0n) is 15.5. The van der Waals surface area contributed by atoms with Gasteiger partial charge >= 0.3 is 0 Å². The van der Waals surface area contributed by atoms with Gasteiger partial charge in [-0.2, -0.15) is 4.99 Å². The molecule has 0 N–H and O–H groups in total. The highest BCUT2D eigenvalue weighted by molar-refractivity contribution is 9.10. The number of aliphatic imine (C=N–C) groups is 1. The van der Waals surface area contributed by atoms with Crippen molar-refractivity contribution in [3.05, 3.63) is 63.1 Å². The number of benzene rings is 2. The van der Waals surface area contributed by atoms with E-state index < -0.39 is 9.84 Å². The summed E-state index contributed by atoms with van der Waals surface area (Å²) in [6.45, 7) is 1.99. The number of amides is 1. The molecule has 1 amide bonds. The van der Waals surface area contributed by atoms with Gasteiger partial charge < -0.3 is 4.90 Å². The van der Waals surface area contributed by atoms with Gasteiger partial charge in [0.1, 0.15) is 0 Å². The molecule has 0 aromatic heterocycles. The highest BCUT2D eigenvalue weighted by Crippen LogP contribution is 2.43. The molecule has 29 heavy (non-hydrogen) atoms. The van der Waals surface area contributed by atoms with Crippen molar-refractivity contribution < 1.29 is 13.2 Å². The van der Waals surface area contributed by atoms with Crippen molar-refractivity contribution in [1.82, 2.24) is 0 Å². The summed E-state index contributed by atoms with van der Waals surface area (Å²) < 4.78 is 25.2. The molecule has 2 fully saturated rings. The summed E-state index contributed by atoms with van der Waals surface area (Å²) in [7, 11) is -3.13. The molecule has 5 nitrogen and oxygen atoms in total. The SMILES string of the molecule is Cc1ccc(CC(=O)N=C2SC3CS(=O)(=O)CC3N2c2ccc(Br)cc2Cl)cc1. The molecule has 2 atom stereocenters. The van der Waals surface area contributed by atoms with Crippen LogP contribution in [-0.4, -0.2) is 42.3 Å². The van der Waals surface area contributed by atoms with E-state index in [1.165, 1.54) is 11.8 Å². The van der Waals surface area contributed by atoms with E-state index in [1.807, 2.05) is 48.2 Å². The van der Waals surface area contributed by atoms with Crippen LogP contribution < -0.4 is 4.90 Å². The van der Waals surface area contributed by atoms with E-state index in [2.05, 4.69) is 20.9 Å². The second-order valence-electron chi connectivity index (χ2n) is 7.22. The molecule has 2 heterocycles. The van der Waals surface area contributed by atoms with Gasteiger partial charge in [-0.3, -0.25) is 4.79 Å². The minimum Gasteiger partial charge on any atom is -0.314 e. The fourth-order valence-electron chi connectivity index (χ4n) is 3.55. The molecule has 2 aromatic carbocycles. The number of aryl methyl sites for hydroxylation is 1. The number of hydrogen-bond donors (Lipinski definition) is 0. The Balaban J connectivity index is 1.66. The fraction of sp³-hybridized carbons (Fsp3) is 0.300. The minimum absolute atomic E-state index is 0.0300. The first-order valence-corrected chi connectivity index (χ1v) is 12.9. The molecule has 4 rings (SSSR count). The Morgan fingerprint density at radius 3 is 2.66 bits per heavy atom. The third kappa shape index (κ3) is 4.55. The predicted molar refractivity (Wildman–Crippen MR) is 123 cm³/mol. The number of carbonyl (C=O) groups is 1. The second-order valence-corrected chi connectivity index (χ2v) is 11.9. The van der Waals surface area contributed by atoms with Gasteiger partial charge in [-0.05, 0) is 30.7 Å². The lowest BCUT2D eigenvalue weighted by Gasteiger charge is -2.25. The van der Waals surface area contributed by atoms with Gasteiger partial charge in [0.2, 0.25) is 0 Å². The van der Waals surface area contributed by atoms with Crippen LogP contribution in [0.4, 0.5) is 5.69 Å². The average Bonchev–Trinajstić information content (AvgIpc) is 3.08. The second kappa shape index (κ2) is 8.06. The summed E-state index contributed by atoms with van der Waals surface area (Å²) in [5.74, 6) is -0.155. The molecule has 0 spiro atoms. The van der Waals surface area contributed by atoms with Gasteiger partial charge in [0, 0.05) is 9.72 Å². The van der Waals surface area contributed by atoms with Crippen LogP contribution in [0.1, 0.15) is 11.1 Å². The molecular weight excluding hydrogens is 496 g/mol. The number of carbonyl (C=O) groups excluding carboxylic acids is 1. The van der Waals surface area contributed by atoms with Crippen LogP contribution in [0.5, 0.6) is 0 Å². The number of sulfone groups is 1. The van der Waals surface area contributed by atoms with E-state index in [4.69, 9.17) is 11.6 Å². The van der Waals surface area contributed by atoms with Crippen molar-refractivity contribution in [2.45, 2.75) is 24.6 Å². The van der Waals surface area contributed by atoms with Crippen LogP contribution >= 0.6 is 39.3 Å². The number of amidine groups is 1. The number of halogens is 2. The molecule has 2 unspecified atom stereocenters. The summed E-state index contributed by atoms with van der Waals surface area (Å²) in [4.78, 5) is 18.8. The third-order valence-corrected chi connectivity index (χ3v) is 8.94. The van der Waals surface area contributed by atoms with Gasteiger partial charge in [-0.1, -0.05) is 69.1 Å². The van der Waals surface area contributed by atoms with E-state index in [0.717, 1.165) is 15.6 Å². The lowest BCUT2D eigenvalue weighted by molar-refractivity contribution is -0.117. The molecule has 9 heteroatoms. The Morgan fingerprint density at radius 2 is 1.97 bits per heavy atom. The molecule has 2 aliphatic rings. The predicted octanol–water partition coefficient (Wildman–Crippen LogP) is 4.26. The molecule has 0 aliphatic carbocycles. The number of hydrogen-bond acceptors (Lipinski definition) is 4. The van der Waals surface area contributed by atoms with Crippen molar-refractivity contribution in [3.63, 3.8) is 0 Å². The molecular formula is C20H18BrClN2O3S2. The zero-order valence-corrected chi connectivity index (χ0v) is 19.5. The summed E-state index contributed by atoms with van der Waals surface area (Å²) in [6, 6.07) is 12.9. The molecule has 152 valence electrons. The first-order chi connectivity index (χ1) is 13.7. The number of thioether (sulfide) groups is 1.